The summed E-state index contributed by atoms with van der Waals surface area (Å²) in [6.07, 6.45) is 4.93. The van der Waals surface area contributed by atoms with Crippen molar-refractivity contribution in [1.82, 2.24) is 10.6 Å². The van der Waals surface area contributed by atoms with Gasteiger partial charge < -0.3 is 10.6 Å². The molecule has 1 saturated heterocycles. The Balaban J connectivity index is 1.59. The third-order valence-electron chi connectivity index (χ3n) is 4.12. The third kappa shape index (κ3) is 3.36. The van der Waals surface area contributed by atoms with Gasteiger partial charge in [0, 0.05) is 23.9 Å². The summed E-state index contributed by atoms with van der Waals surface area (Å²) in [6.45, 7) is 2.73. The molecule has 1 aromatic rings. The van der Waals surface area contributed by atoms with Crippen LogP contribution in [0.25, 0.3) is 0 Å². The molecule has 0 bridgehead atoms. The highest BCUT2D eigenvalue weighted by Crippen LogP contribution is 2.24. The minimum absolute atomic E-state index is 0.0737. The molecule has 1 fully saturated rings. The first-order valence-electron chi connectivity index (χ1n) is 7.55. The van der Waals surface area contributed by atoms with E-state index in [-0.39, 0.29) is 5.91 Å². The van der Waals surface area contributed by atoms with Crippen molar-refractivity contribution in [2.75, 3.05) is 18.8 Å². The molecular weight excluding hydrogens is 268 g/mol. The quantitative estimate of drug-likeness (QED) is 0.898. The smallest absolute Gasteiger partial charge is 0.251 e. The number of hydrogen-bond donors (Lipinski definition) is 2. The first kappa shape index (κ1) is 14.0. The van der Waals surface area contributed by atoms with E-state index in [1.54, 1.807) is 0 Å². The molecule has 3 nitrogen and oxygen atoms in total. The van der Waals surface area contributed by atoms with Crippen LogP contribution in [0.5, 0.6) is 0 Å². The SMILES string of the molecule is O=C(NCC1CCCCS1)c1ccc2c(c1)CNCC2. The van der Waals surface area contributed by atoms with Crippen molar-refractivity contribution in [3.63, 3.8) is 0 Å². The summed E-state index contributed by atoms with van der Waals surface area (Å²) in [5.41, 5.74) is 3.45. The molecule has 20 heavy (non-hydrogen) atoms. The Hall–Kier alpha value is -1.00. The summed E-state index contributed by atoms with van der Waals surface area (Å²) < 4.78 is 0. The second-order valence-electron chi connectivity index (χ2n) is 5.61. The lowest BCUT2D eigenvalue weighted by molar-refractivity contribution is 0.0953. The molecule has 0 radical (unpaired) electrons. The molecule has 1 amide bonds. The number of fused-ring (bicyclic) bond motifs is 1. The Labute approximate surface area is 124 Å². The van der Waals surface area contributed by atoms with Crippen molar-refractivity contribution in [2.45, 2.75) is 37.5 Å². The van der Waals surface area contributed by atoms with Crippen LogP contribution < -0.4 is 10.6 Å². The fourth-order valence-electron chi connectivity index (χ4n) is 2.90. The predicted octanol–water partition coefficient (Wildman–Crippen LogP) is 2.35. The van der Waals surface area contributed by atoms with Crippen molar-refractivity contribution >= 4 is 17.7 Å². The van der Waals surface area contributed by atoms with Gasteiger partial charge in [0.15, 0.2) is 0 Å². The predicted molar refractivity (Wildman–Crippen MR) is 84.3 cm³/mol. The molecule has 1 unspecified atom stereocenters. The van der Waals surface area contributed by atoms with E-state index in [4.69, 9.17) is 0 Å². The number of benzene rings is 1. The molecular formula is C16H22N2OS. The van der Waals surface area contributed by atoms with Crippen molar-refractivity contribution in [3.05, 3.63) is 34.9 Å². The van der Waals surface area contributed by atoms with E-state index in [9.17, 15) is 4.79 Å². The molecule has 0 aromatic heterocycles. The van der Waals surface area contributed by atoms with E-state index in [0.29, 0.717) is 5.25 Å². The van der Waals surface area contributed by atoms with E-state index < -0.39 is 0 Å². The number of rotatable bonds is 3. The Morgan fingerprint density at radius 2 is 2.30 bits per heavy atom. The van der Waals surface area contributed by atoms with Crippen molar-refractivity contribution < 1.29 is 4.79 Å². The highest BCUT2D eigenvalue weighted by atomic mass is 32.2. The zero-order chi connectivity index (χ0) is 13.8. The number of carbonyl (C=O) groups is 1. The summed E-state index contributed by atoms with van der Waals surface area (Å²) in [7, 11) is 0. The van der Waals surface area contributed by atoms with Gasteiger partial charge >= 0.3 is 0 Å². The van der Waals surface area contributed by atoms with Gasteiger partial charge in [-0.3, -0.25) is 4.79 Å². The highest BCUT2D eigenvalue weighted by Gasteiger charge is 2.16. The van der Waals surface area contributed by atoms with E-state index in [1.165, 1.54) is 36.1 Å². The van der Waals surface area contributed by atoms with Crippen LogP contribution in [0.15, 0.2) is 18.2 Å². The average Bonchev–Trinajstić information content (AvgIpc) is 2.53. The Kier molecular flexibility index (Phi) is 4.63. The topological polar surface area (TPSA) is 41.1 Å². The van der Waals surface area contributed by atoms with Crippen LogP contribution >= 0.6 is 11.8 Å². The number of thioether (sulfide) groups is 1. The highest BCUT2D eigenvalue weighted by molar-refractivity contribution is 7.99. The van der Waals surface area contributed by atoms with Gasteiger partial charge in [-0.05, 0) is 54.8 Å². The number of hydrogen-bond acceptors (Lipinski definition) is 3. The fourth-order valence-corrected chi connectivity index (χ4v) is 4.14. The lowest BCUT2D eigenvalue weighted by Crippen LogP contribution is -2.32. The minimum atomic E-state index is 0.0737. The lowest BCUT2D eigenvalue weighted by atomic mass is 9.98. The lowest BCUT2D eigenvalue weighted by Gasteiger charge is -2.22. The maximum atomic E-state index is 12.2. The zero-order valence-corrected chi connectivity index (χ0v) is 12.6. The maximum absolute atomic E-state index is 12.2. The molecule has 0 saturated carbocycles. The fraction of sp³-hybridized carbons (Fsp3) is 0.562. The van der Waals surface area contributed by atoms with Gasteiger partial charge in [-0.15, -0.1) is 0 Å². The van der Waals surface area contributed by atoms with Crippen molar-refractivity contribution in [2.24, 2.45) is 0 Å². The second kappa shape index (κ2) is 6.64. The van der Waals surface area contributed by atoms with E-state index in [1.807, 2.05) is 23.9 Å². The van der Waals surface area contributed by atoms with Crippen LogP contribution in [0.2, 0.25) is 0 Å². The Morgan fingerprint density at radius 3 is 3.15 bits per heavy atom. The molecule has 1 atom stereocenters. The molecule has 2 heterocycles. The van der Waals surface area contributed by atoms with Crippen LogP contribution in [0.4, 0.5) is 0 Å². The molecule has 2 aliphatic heterocycles. The largest absolute Gasteiger partial charge is 0.351 e. The first-order valence-corrected chi connectivity index (χ1v) is 8.60. The molecule has 0 aliphatic carbocycles. The summed E-state index contributed by atoms with van der Waals surface area (Å²) in [6, 6.07) is 6.12. The molecule has 0 spiro atoms. The van der Waals surface area contributed by atoms with Crippen LogP contribution in [0.3, 0.4) is 0 Å². The van der Waals surface area contributed by atoms with Crippen LogP contribution in [-0.2, 0) is 13.0 Å². The van der Waals surface area contributed by atoms with Crippen LogP contribution in [0.1, 0.15) is 40.7 Å². The van der Waals surface area contributed by atoms with Crippen LogP contribution in [-0.4, -0.2) is 30.0 Å². The number of amides is 1. The third-order valence-corrected chi connectivity index (χ3v) is 5.52. The van der Waals surface area contributed by atoms with E-state index >= 15 is 0 Å². The van der Waals surface area contributed by atoms with Gasteiger partial charge in [-0.25, -0.2) is 0 Å². The second-order valence-corrected chi connectivity index (χ2v) is 7.02. The number of nitrogens with one attached hydrogen (secondary N) is 2. The maximum Gasteiger partial charge on any atom is 0.251 e. The molecule has 4 heteroatoms. The van der Waals surface area contributed by atoms with E-state index in [0.717, 1.165) is 31.6 Å². The van der Waals surface area contributed by atoms with Gasteiger partial charge in [0.1, 0.15) is 0 Å². The van der Waals surface area contributed by atoms with Crippen molar-refractivity contribution in [1.29, 1.82) is 0 Å². The molecule has 2 aliphatic rings. The Morgan fingerprint density at radius 1 is 1.35 bits per heavy atom. The standard InChI is InChI=1S/C16H22N2OS/c19-16(18-11-15-3-1-2-8-20-15)13-5-4-12-6-7-17-10-14(12)9-13/h4-5,9,15,17H,1-3,6-8,10-11H2,(H,18,19). The van der Waals surface area contributed by atoms with Gasteiger partial charge in [0.2, 0.25) is 0 Å². The van der Waals surface area contributed by atoms with Gasteiger partial charge in [0.25, 0.3) is 5.91 Å². The molecule has 108 valence electrons. The number of carbonyl (C=O) groups excluding carboxylic acids is 1. The Bertz CT molecular complexity index is 483. The van der Waals surface area contributed by atoms with Gasteiger partial charge in [-0.2, -0.15) is 11.8 Å². The van der Waals surface area contributed by atoms with Gasteiger partial charge in [-0.1, -0.05) is 12.5 Å². The minimum Gasteiger partial charge on any atom is -0.351 e. The van der Waals surface area contributed by atoms with E-state index in [2.05, 4.69) is 16.7 Å². The molecule has 2 N–H and O–H groups in total. The first-order chi connectivity index (χ1) is 9.83. The molecule has 1 aromatic carbocycles. The van der Waals surface area contributed by atoms with Crippen LogP contribution in [0, 0.1) is 0 Å². The van der Waals surface area contributed by atoms with Gasteiger partial charge in [0.05, 0.1) is 0 Å². The normalized spacial score (nSPS) is 22.1. The summed E-state index contributed by atoms with van der Waals surface area (Å²) >= 11 is 2.00. The summed E-state index contributed by atoms with van der Waals surface area (Å²) in [5.74, 6) is 1.31. The summed E-state index contributed by atoms with van der Waals surface area (Å²) in [5, 5.41) is 7.05. The monoisotopic (exact) mass is 290 g/mol. The average molecular weight is 290 g/mol. The summed E-state index contributed by atoms with van der Waals surface area (Å²) in [4.78, 5) is 12.2. The zero-order valence-electron chi connectivity index (χ0n) is 11.8. The molecule has 3 rings (SSSR count). The van der Waals surface area contributed by atoms with Crippen molar-refractivity contribution in [3.8, 4) is 0 Å².